The molecule has 8 nitrogen and oxygen atoms in total. The van der Waals surface area contributed by atoms with E-state index in [4.69, 9.17) is 10.5 Å². The van der Waals surface area contributed by atoms with Crippen LogP contribution in [0.1, 0.15) is 16.9 Å². The molecule has 0 saturated heterocycles. The Hall–Kier alpha value is -2.22. The molecule has 0 radical (unpaired) electrons. The van der Waals surface area contributed by atoms with Crippen molar-refractivity contribution in [2.24, 2.45) is 0 Å². The average Bonchev–Trinajstić information content (AvgIpc) is 2.39. The number of nitrogens with two attached hydrogens (primary N) is 1. The van der Waals surface area contributed by atoms with Gasteiger partial charge < -0.3 is 21.1 Å². The molecule has 0 atom stereocenters. The molecule has 19 heavy (non-hydrogen) atoms. The number of nitrogens with zero attached hydrogens (tertiary/aromatic N) is 2. The lowest BCUT2D eigenvalue weighted by atomic mass is 10.3. The van der Waals surface area contributed by atoms with Crippen LogP contribution in [0.15, 0.2) is 12.1 Å². The van der Waals surface area contributed by atoms with E-state index in [1.165, 1.54) is 12.1 Å². The maximum Gasteiger partial charge on any atom is 0.271 e. The fourth-order valence-corrected chi connectivity index (χ4v) is 1.22. The maximum atomic E-state index is 11.6. The minimum atomic E-state index is -0.391. The number of ether oxygens (including phenoxy) is 1. The molecule has 0 bridgehead atoms. The van der Waals surface area contributed by atoms with E-state index < -0.39 is 5.91 Å². The van der Waals surface area contributed by atoms with E-state index in [-0.39, 0.29) is 30.4 Å². The molecular formula is C11H17N5O3. The predicted molar refractivity (Wildman–Crippen MR) is 68.3 cm³/mol. The molecule has 0 aromatic carbocycles. The van der Waals surface area contributed by atoms with Crippen molar-refractivity contribution in [3.8, 4) is 0 Å². The van der Waals surface area contributed by atoms with Gasteiger partial charge in [-0.1, -0.05) is 0 Å². The third-order valence-electron chi connectivity index (χ3n) is 2.18. The zero-order valence-corrected chi connectivity index (χ0v) is 10.7. The van der Waals surface area contributed by atoms with Crippen LogP contribution < -0.4 is 16.4 Å². The Morgan fingerprint density at radius 3 is 2.68 bits per heavy atom. The summed E-state index contributed by atoms with van der Waals surface area (Å²) in [4.78, 5) is 22.9. The summed E-state index contributed by atoms with van der Waals surface area (Å²) in [6, 6.07) is 2.95. The first kappa shape index (κ1) is 14.8. The Kier molecular flexibility index (Phi) is 6.23. The van der Waals surface area contributed by atoms with Crippen LogP contribution in [0.3, 0.4) is 0 Å². The molecule has 0 saturated carbocycles. The van der Waals surface area contributed by atoms with Gasteiger partial charge in [-0.3, -0.25) is 9.59 Å². The second-order valence-electron chi connectivity index (χ2n) is 3.69. The summed E-state index contributed by atoms with van der Waals surface area (Å²) < 4.78 is 4.79. The molecule has 1 heterocycles. The Morgan fingerprint density at radius 2 is 2.05 bits per heavy atom. The number of amides is 2. The second-order valence-corrected chi connectivity index (χ2v) is 3.69. The van der Waals surface area contributed by atoms with E-state index in [9.17, 15) is 9.59 Å². The minimum absolute atomic E-state index is 0.152. The number of nitrogen functional groups attached to an aromatic ring is 1. The molecule has 0 aliphatic heterocycles. The molecule has 0 fully saturated rings. The first-order valence-electron chi connectivity index (χ1n) is 5.76. The molecule has 0 spiro atoms. The van der Waals surface area contributed by atoms with Crippen LogP contribution in [0.4, 0.5) is 5.82 Å². The van der Waals surface area contributed by atoms with Crippen molar-refractivity contribution in [3.05, 3.63) is 17.8 Å². The first-order chi connectivity index (χ1) is 9.13. The highest BCUT2D eigenvalue weighted by molar-refractivity contribution is 5.92. The van der Waals surface area contributed by atoms with Gasteiger partial charge in [0.15, 0.2) is 5.69 Å². The zero-order valence-electron chi connectivity index (χ0n) is 10.7. The topological polar surface area (TPSA) is 119 Å². The molecule has 1 aromatic heterocycles. The third-order valence-corrected chi connectivity index (χ3v) is 2.18. The second kappa shape index (κ2) is 7.98. The van der Waals surface area contributed by atoms with E-state index in [1.54, 1.807) is 7.11 Å². The average molecular weight is 267 g/mol. The van der Waals surface area contributed by atoms with Crippen molar-refractivity contribution < 1.29 is 14.3 Å². The van der Waals surface area contributed by atoms with Crippen LogP contribution in [0.25, 0.3) is 0 Å². The number of carbonyl (C=O) groups is 2. The van der Waals surface area contributed by atoms with Gasteiger partial charge in [-0.25, -0.2) is 0 Å². The Labute approximate surface area is 110 Å². The van der Waals surface area contributed by atoms with Gasteiger partial charge in [-0.15, -0.1) is 10.2 Å². The molecule has 104 valence electrons. The largest absolute Gasteiger partial charge is 0.383 e. The smallest absolute Gasteiger partial charge is 0.271 e. The summed E-state index contributed by atoms with van der Waals surface area (Å²) in [6.07, 6.45) is 0.192. The molecule has 0 unspecified atom stereocenters. The van der Waals surface area contributed by atoms with Crippen molar-refractivity contribution in [2.45, 2.75) is 6.42 Å². The first-order valence-corrected chi connectivity index (χ1v) is 5.76. The van der Waals surface area contributed by atoms with Gasteiger partial charge in [0.25, 0.3) is 5.91 Å². The number of rotatable bonds is 7. The number of carbonyl (C=O) groups excluding carboxylic acids is 2. The van der Waals surface area contributed by atoms with Gasteiger partial charge in [0.1, 0.15) is 5.82 Å². The van der Waals surface area contributed by atoms with Crippen LogP contribution in [0.5, 0.6) is 0 Å². The lowest BCUT2D eigenvalue weighted by Crippen LogP contribution is -2.32. The highest BCUT2D eigenvalue weighted by Gasteiger charge is 2.08. The molecule has 4 N–H and O–H groups in total. The number of hydrogen-bond acceptors (Lipinski definition) is 6. The van der Waals surface area contributed by atoms with Crippen molar-refractivity contribution in [1.82, 2.24) is 20.8 Å². The molecule has 1 rings (SSSR count). The molecule has 1 aromatic rings. The number of nitrogens with one attached hydrogen (secondary N) is 2. The molecule has 0 aliphatic carbocycles. The summed E-state index contributed by atoms with van der Waals surface area (Å²) >= 11 is 0. The van der Waals surface area contributed by atoms with Crippen molar-refractivity contribution >= 4 is 17.6 Å². The highest BCUT2D eigenvalue weighted by Crippen LogP contribution is 1.96. The van der Waals surface area contributed by atoms with E-state index >= 15 is 0 Å². The van der Waals surface area contributed by atoms with Crippen LogP contribution in [-0.2, 0) is 9.53 Å². The molecule has 0 aliphatic rings. The SMILES string of the molecule is COCCNC(=O)CCNC(=O)c1ccc(N)nn1. The highest BCUT2D eigenvalue weighted by atomic mass is 16.5. The quantitative estimate of drug-likeness (QED) is 0.542. The Morgan fingerprint density at radius 1 is 1.26 bits per heavy atom. The van der Waals surface area contributed by atoms with Crippen molar-refractivity contribution in [3.63, 3.8) is 0 Å². The van der Waals surface area contributed by atoms with Crippen LogP contribution in [0, 0.1) is 0 Å². The van der Waals surface area contributed by atoms with Gasteiger partial charge in [0.2, 0.25) is 5.91 Å². The van der Waals surface area contributed by atoms with E-state index in [0.717, 1.165) is 0 Å². The number of aromatic nitrogens is 2. The summed E-state index contributed by atoms with van der Waals surface area (Å²) in [5, 5.41) is 12.4. The monoisotopic (exact) mass is 267 g/mol. The van der Waals surface area contributed by atoms with E-state index in [1.807, 2.05) is 0 Å². The van der Waals surface area contributed by atoms with Crippen LogP contribution in [-0.4, -0.2) is 48.8 Å². The van der Waals surface area contributed by atoms with Gasteiger partial charge >= 0.3 is 0 Å². The standard InChI is InChI=1S/C11H17N5O3/c1-19-7-6-13-10(17)4-5-14-11(18)8-2-3-9(12)16-15-8/h2-3H,4-7H2,1H3,(H2,12,16)(H,13,17)(H,14,18). The number of hydrogen-bond donors (Lipinski definition) is 3. The van der Waals surface area contributed by atoms with Crippen molar-refractivity contribution in [2.75, 3.05) is 32.5 Å². The lowest BCUT2D eigenvalue weighted by Gasteiger charge is -2.05. The minimum Gasteiger partial charge on any atom is -0.383 e. The zero-order chi connectivity index (χ0) is 14.1. The van der Waals surface area contributed by atoms with Gasteiger partial charge in [0.05, 0.1) is 6.61 Å². The number of anilines is 1. The summed E-state index contributed by atoms with van der Waals surface area (Å²) in [6.45, 7) is 1.13. The normalized spacial score (nSPS) is 9.95. The Bertz CT molecular complexity index is 421. The van der Waals surface area contributed by atoms with E-state index in [0.29, 0.717) is 13.2 Å². The fraction of sp³-hybridized carbons (Fsp3) is 0.455. The lowest BCUT2D eigenvalue weighted by molar-refractivity contribution is -0.121. The third kappa shape index (κ3) is 5.77. The molecule has 8 heteroatoms. The van der Waals surface area contributed by atoms with Crippen LogP contribution >= 0.6 is 0 Å². The molecular weight excluding hydrogens is 250 g/mol. The van der Waals surface area contributed by atoms with Crippen LogP contribution in [0.2, 0.25) is 0 Å². The summed E-state index contributed by atoms with van der Waals surface area (Å²) in [5.74, 6) is -0.299. The van der Waals surface area contributed by atoms with Gasteiger partial charge in [-0.2, -0.15) is 0 Å². The maximum absolute atomic E-state index is 11.6. The fourth-order valence-electron chi connectivity index (χ4n) is 1.22. The number of methoxy groups -OCH3 is 1. The predicted octanol–water partition coefficient (Wildman–Crippen LogP) is -1.06. The van der Waals surface area contributed by atoms with Crippen molar-refractivity contribution in [1.29, 1.82) is 0 Å². The summed E-state index contributed by atoms with van der Waals surface area (Å²) in [5.41, 5.74) is 5.52. The van der Waals surface area contributed by atoms with Gasteiger partial charge in [0, 0.05) is 26.6 Å². The van der Waals surface area contributed by atoms with Gasteiger partial charge in [-0.05, 0) is 12.1 Å². The Balaban J connectivity index is 2.23. The summed E-state index contributed by atoms with van der Waals surface area (Å²) in [7, 11) is 1.56. The molecule has 2 amide bonds. The van der Waals surface area contributed by atoms with E-state index in [2.05, 4.69) is 20.8 Å².